The van der Waals surface area contributed by atoms with E-state index in [0.29, 0.717) is 17.1 Å². The lowest BCUT2D eigenvalue weighted by Crippen LogP contribution is -2.52. The van der Waals surface area contributed by atoms with E-state index in [1.165, 1.54) is 21.7 Å². The molecule has 1 atom stereocenters. The number of nitrogens with zero attached hydrogens (tertiary/aromatic N) is 4. The maximum Gasteiger partial charge on any atom is 0.289 e. The van der Waals surface area contributed by atoms with Gasteiger partial charge in [0.1, 0.15) is 24.4 Å². The lowest BCUT2D eigenvalue weighted by molar-refractivity contribution is -0.790. The smallest absolute Gasteiger partial charge is 0.289 e. The number of sulfonamides is 1. The van der Waals surface area contributed by atoms with E-state index in [1.807, 2.05) is 20.8 Å². The molecule has 1 fully saturated rings. The molecule has 1 aromatic heterocycles. The van der Waals surface area contributed by atoms with Crippen molar-refractivity contribution in [1.82, 2.24) is 10.2 Å². The summed E-state index contributed by atoms with van der Waals surface area (Å²) in [6, 6.07) is 12.9. The summed E-state index contributed by atoms with van der Waals surface area (Å²) in [5.41, 5.74) is 1.57. The summed E-state index contributed by atoms with van der Waals surface area (Å²) < 4.78 is 47.3. The molecule has 2 amide bonds. The minimum atomic E-state index is -4.09. The van der Waals surface area contributed by atoms with Crippen LogP contribution in [0.4, 0.5) is 5.69 Å². The number of ether oxygens (including phenoxy) is 2. The summed E-state index contributed by atoms with van der Waals surface area (Å²) in [4.78, 5) is 27.4. The number of morpholine rings is 1. The number of carbonyl (C=O) groups is 2. The van der Waals surface area contributed by atoms with Gasteiger partial charge in [-0.2, -0.15) is 8.42 Å². The van der Waals surface area contributed by atoms with Gasteiger partial charge in [0.2, 0.25) is 5.91 Å². The zero-order valence-electron chi connectivity index (χ0n) is 22.2. The Morgan fingerprint density at radius 3 is 2.54 bits per heavy atom. The number of anilines is 1. The van der Waals surface area contributed by atoms with E-state index in [0.717, 1.165) is 5.56 Å². The standard InChI is InChI=1S/C26H31N5O7S/c1-17(2)31-22(25(38-29-31)28-39(34,35)21-11-5-18(3)6-12-21)16-30-13-14-37-23(26(30)33)15-24(32)27-19-7-9-20(36-4)10-8-19/h5-12,17,23H,13-16H2,1-4H3,(H,27,32)/b28-25-. The van der Waals surface area contributed by atoms with Crippen LogP contribution in [0.1, 0.15) is 37.6 Å². The van der Waals surface area contributed by atoms with Crippen molar-refractivity contribution in [1.29, 1.82) is 0 Å². The zero-order valence-corrected chi connectivity index (χ0v) is 23.0. The first kappa shape index (κ1) is 28.0. The monoisotopic (exact) mass is 557 g/mol. The predicted molar refractivity (Wildman–Crippen MR) is 138 cm³/mol. The van der Waals surface area contributed by atoms with Crippen LogP contribution in [0, 0.1) is 6.92 Å². The molecular formula is C26H31N5O7S. The second-order valence-corrected chi connectivity index (χ2v) is 10.9. The lowest BCUT2D eigenvalue weighted by atomic mass is 10.1. The van der Waals surface area contributed by atoms with Crippen LogP contribution >= 0.6 is 0 Å². The van der Waals surface area contributed by atoms with Crippen LogP contribution in [0.5, 0.6) is 5.75 Å². The SMILES string of the molecule is COc1ccc(NC(=O)CC2OCCN(Cc3/c(=N/S(=O)(=O)c4ccc(C)cc4)o[n-][n+]3C(C)C)C2=O)cc1. The molecule has 1 unspecified atom stereocenters. The molecule has 39 heavy (non-hydrogen) atoms. The number of carbonyl (C=O) groups excluding carboxylic acids is 2. The van der Waals surface area contributed by atoms with E-state index < -0.39 is 22.0 Å². The molecule has 208 valence electrons. The van der Waals surface area contributed by atoms with Crippen LogP contribution in [-0.4, -0.2) is 51.5 Å². The molecule has 0 radical (unpaired) electrons. The fourth-order valence-corrected chi connectivity index (χ4v) is 4.94. The van der Waals surface area contributed by atoms with Crippen LogP contribution in [-0.2, 0) is 30.9 Å². The van der Waals surface area contributed by atoms with Gasteiger partial charge in [0.05, 0.1) is 25.0 Å². The Kier molecular flexibility index (Phi) is 8.51. The zero-order chi connectivity index (χ0) is 28.2. The largest absolute Gasteiger partial charge is 0.497 e. The molecule has 1 saturated heterocycles. The van der Waals surface area contributed by atoms with Crippen molar-refractivity contribution in [3.63, 3.8) is 0 Å². The van der Waals surface area contributed by atoms with Gasteiger partial charge in [-0.3, -0.25) is 14.9 Å². The van der Waals surface area contributed by atoms with E-state index in [4.69, 9.17) is 14.0 Å². The molecule has 3 aromatic rings. The van der Waals surface area contributed by atoms with Gasteiger partial charge in [0, 0.05) is 12.2 Å². The molecule has 1 aliphatic heterocycles. The molecule has 0 aliphatic carbocycles. The molecule has 4 rings (SSSR count). The normalized spacial score (nSPS) is 16.5. The number of methoxy groups -OCH3 is 1. The number of benzene rings is 2. The van der Waals surface area contributed by atoms with E-state index in [-0.39, 0.29) is 48.5 Å². The Balaban J connectivity index is 1.52. The van der Waals surface area contributed by atoms with Crippen molar-refractivity contribution in [2.45, 2.75) is 50.8 Å². The highest BCUT2D eigenvalue weighted by molar-refractivity contribution is 7.90. The van der Waals surface area contributed by atoms with Crippen molar-refractivity contribution >= 4 is 27.5 Å². The highest BCUT2D eigenvalue weighted by atomic mass is 32.2. The van der Waals surface area contributed by atoms with Crippen molar-refractivity contribution in [3.8, 4) is 5.75 Å². The van der Waals surface area contributed by atoms with Crippen molar-refractivity contribution in [2.24, 2.45) is 4.40 Å². The Morgan fingerprint density at radius 1 is 1.21 bits per heavy atom. The van der Waals surface area contributed by atoms with E-state index >= 15 is 0 Å². The molecule has 2 aromatic carbocycles. The van der Waals surface area contributed by atoms with E-state index in [1.54, 1.807) is 43.5 Å². The Labute approximate surface area is 226 Å². The Morgan fingerprint density at radius 2 is 1.90 bits per heavy atom. The molecule has 1 aliphatic rings. The fraction of sp³-hybridized carbons (Fsp3) is 0.385. The van der Waals surface area contributed by atoms with Gasteiger partial charge in [0.15, 0.2) is 0 Å². The second kappa shape index (κ2) is 11.8. The van der Waals surface area contributed by atoms with Crippen molar-refractivity contribution < 1.29 is 36.7 Å². The van der Waals surface area contributed by atoms with Crippen molar-refractivity contribution in [2.75, 3.05) is 25.6 Å². The summed E-state index contributed by atoms with van der Waals surface area (Å²) in [5.74, 6) is -0.142. The average Bonchev–Trinajstić information content (AvgIpc) is 3.28. The molecule has 13 heteroatoms. The van der Waals surface area contributed by atoms with Gasteiger partial charge in [-0.15, -0.1) is 4.40 Å². The van der Waals surface area contributed by atoms with Crippen LogP contribution in [0.3, 0.4) is 0 Å². The molecule has 0 spiro atoms. The first-order valence-corrected chi connectivity index (χ1v) is 13.8. The number of aromatic nitrogens is 2. The van der Waals surface area contributed by atoms with E-state index in [2.05, 4.69) is 15.0 Å². The predicted octanol–water partition coefficient (Wildman–Crippen LogP) is 1.47. The molecule has 0 bridgehead atoms. The highest BCUT2D eigenvalue weighted by Gasteiger charge is 2.34. The minimum absolute atomic E-state index is 0.0110. The number of amides is 2. The second-order valence-electron chi connectivity index (χ2n) is 9.34. The summed E-state index contributed by atoms with van der Waals surface area (Å²) in [6.07, 6.45) is -1.19. The molecular weight excluding hydrogens is 526 g/mol. The number of hydrogen-bond donors (Lipinski definition) is 1. The Bertz CT molecular complexity index is 1490. The first-order valence-electron chi connectivity index (χ1n) is 12.4. The molecule has 2 heterocycles. The topological polar surface area (TPSA) is 145 Å². The lowest BCUT2D eigenvalue weighted by Gasteiger charge is -2.31. The highest BCUT2D eigenvalue weighted by Crippen LogP contribution is 2.18. The maximum absolute atomic E-state index is 13.2. The van der Waals surface area contributed by atoms with Crippen LogP contribution in [0.25, 0.3) is 0 Å². The van der Waals surface area contributed by atoms with Gasteiger partial charge in [-0.1, -0.05) is 17.7 Å². The van der Waals surface area contributed by atoms with Crippen LogP contribution in [0.15, 0.2) is 62.3 Å². The summed E-state index contributed by atoms with van der Waals surface area (Å²) in [7, 11) is -2.54. The quantitative estimate of drug-likeness (QED) is 0.389. The average molecular weight is 558 g/mol. The van der Waals surface area contributed by atoms with Crippen LogP contribution in [0.2, 0.25) is 0 Å². The fourth-order valence-electron chi connectivity index (χ4n) is 4.00. The van der Waals surface area contributed by atoms with Crippen molar-refractivity contribution in [3.05, 3.63) is 65.3 Å². The third kappa shape index (κ3) is 6.73. The minimum Gasteiger partial charge on any atom is -0.497 e. The number of hydrogen-bond acceptors (Lipinski definition) is 7. The molecule has 12 nitrogen and oxygen atoms in total. The van der Waals surface area contributed by atoms with Gasteiger partial charge < -0.3 is 24.2 Å². The van der Waals surface area contributed by atoms with Gasteiger partial charge >= 0.3 is 0 Å². The number of aryl methyl sites for hydroxylation is 1. The third-order valence-electron chi connectivity index (χ3n) is 6.10. The summed E-state index contributed by atoms with van der Waals surface area (Å²) in [6.45, 7) is 5.96. The third-order valence-corrected chi connectivity index (χ3v) is 7.38. The van der Waals surface area contributed by atoms with Gasteiger partial charge in [-0.05, 0) is 57.2 Å². The molecule has 0 saturated carbocycles. The Hall–Kier alpha value is -3.97. The van der Waals surface area contributed by atoms with E-state index in [9.17, 15) is 18.0 Å². The molecule has 1 N–H and O–H groups in total. The maximum atomic E-state index is 13.2. The van der Waals surface area contributed by atoms with Gasteiger partial charge in [0.25, 0.3) is 27.2 Å². The summed E-state index contributed by atoms with van der Waals surface area (Å²) >= 11 is 0. The number of rotatable bonds is 9. The van der Waals surface area contributed by atoms with Crippen LogP contribution < -0.4 is 25.6 Å². The summed E-state index contributed by atoms with van der Waals surface area (Å²) in [5, 5.41) is 6.71. The van der Waals surface area contributed by atoms with Gasteiger partial charge in [-0.25, -0.2) is 4.68 Å². The first-order chi connectivity index (χ1) is 18.6. The number of nitrogens with one attached hydrogen (secondary N) is 1.